The fraction of sp³-hybridized carbons (Fsp3) is 0.600. The van der Waals surface area contributed by atoms with Gasteiger partial charge < -0.3 is 10.4 Å². The van der Waals surface area contributed by atoms with Gasteiger partial charge in [-0.2, -0.15) is 0 Å². The third-order valence-electron chi connectivity index (χ3n) is 3.14. The van der Waals surface area contributed by atoms with Crippen molar-refractivity contribution in [2.24, 2.45) is 0 Å². The van der Waals surface area contributed by atoms with Gasteiger partial charge in [0.05, 0.1) is 6.61 Å². The van der Waals surface area contributed by atoms with Crippen molar-refractivity contribution < 1.29 is 5.11 Å². The number of aliphatic hydroxyl groups is 1. The maximum atomic E-state index is 9.41. The first kappa shape index (κ1) is 17.0. The summed E-state index contributed by atoms with van der Waals surface area (Å²) >= 11 is 5.38. The Labute approximate surface area is 129 Å². The van der Waals surface area contributed by atoms with Crippen LogP contribution in [0.5, 0.6) is 0 Å². The normalized spacial score (nSPS) is 14.3. The lowest BCUT2D eigenvalue weighted by molar-refractivity contribution is 0.165. The van der Waals surface area contributed by atoms with Gasteiger partial charge in [-0.05, 0) is 50.3 Å². The molecule has 0 radical (unpaired) electrons. The standard InChI is InChI=1S/C15H24BrNOS/c1-3-17-15(2,12-18)9-4-5-10-19-14-8-6-7-13(16)11-14/h6-8,11,17-18H,3-5,9-10,12H2,1-2H3. The van der Waals surface area contributed by atoms with E-state index in [1.165, 1.54) is 11.3 Å². The highest BCUT2D eigenvalue weighted by Crippen LogP contribution is 2.23. The topological polar surface area (TPSA) is 32.3 Å². The molecule has 0 aliphatic rings. The summed E-state index contributed by atoms with van der Waals surface area (Å²) in [6.45, 7) is 5.29. The lowest BCUT2D eigenvalue weighted by Gasteiger charge is -2.28. The SMILES string of the molecule is CCNC(C)(CO)CCCCSc1cccc(Br)c1. The van der Waals surface area contributed by atoms with Gasteiger partial charge in [0, 0.05) is 14.9 Å². The van der Waals surface area contributed by atoms with E-state index in [1.807, 2.05) is 17.8 Å². The number of hydrogen-bond acceptors (Lipinski definition) is 3. The predicted molar refractivity (Wildman–Crippen MR) is 87.9 cm³/mol. The lowest BCUT2D eigenvalue weighted by Crippen LogP contribution is -2.45. The van der Waals surface area contributed by atoms with Gasteiger partial charge >= 0.3 is 0 Å². The van der Waals surface area contributed by atoms with Gasteiger partial charge in [0.2, 0.25) is 0 Å². The Morgan fingerprint density at radius 1 is 1.37 bits per heavy atom. The lowest BCUT2D eigenvalue weighted by atomic mass is 9.96. The summed E-state index contributed by atoms with van der Waals surface area (Å²) in [4.78, 5) is 1.31. The molecule has 108 valence electrons. The summed E-state index contributed by atoms with van der Waals surface area (Å²) in [5, 5.41) is 12.8. The molecule has 0 fully saturated rings. The number of benzene rings is 1. The van der Waals surface area contributed by atoms with E-state index in [0.29, 0.717) is 0 Å². The van der Waals surface area contributed by atoms with Crippen molar-refractivity contribution in [3.8, 4) is 0 Å². The van der Waals surface area contributed by atoms with Gasteiger partial charge in [0.25, 0.3) is 0 Å². The van der Waals surface area contributed by atoms with Crippen LogP contribution in [0.3, 0.4) is 0 Å². The number of unbranched alkanes of at least 4 members (excludes halogenated alkanes) is 1. The van der Waals surface area contributed by atoms with Crippen LogP contribution in [0.25, 0.3) is 0 Å². The Morgan fingerprint density at radius 2 is 2.16 bits per heavy atom. The molecule has 1 aromatic carbocycles. The van der Waals surface area contributed by atoms with Crippen molar-refractivity contribution in [1.29, 1.82) is 0 Å². The summed E-state index contributed by atoms with van der Waals surface area (Å²) < 4.78 is 1.14. The molecule has 0 aliphatic heterocycles. The van der Waals surface area contributed by atoms with Crippen LogP contribution in [-0.4, -0.2) is 29.5 Å². The molecule has 1 unspecified atom stereocenters. The average Bonchev–Trinajstić information content (AvgIpc) is 2.39. The van der Waals surface area contributed by atoms with E-state index in [-0.39, 0.29) is 12.1 Å². The van der Waals surface area contributed by atoms with E-state index in [4.69, 9.17) is 0 Å². The van der Waals surface area contributed by atoms with Crippen LogP contribution in [0, 0.1) is 0 Å². The highest BCUT2D eigenvalue weighted by Gasteiger charge is 2.20. The Kier molecular flexibility index (Phi) is 8.07. The molecule has 0 heterocycles. The van der Waals surface area contributed by atoms with Crippen molar-refractivity contribution in [1.82, 2.24) is 5.32 Å². The first-order valence-electron chi connectivity index (χ1n) is 6.84. The first-order valence-corrected chi connectivity index (χ1v) is 8.62. The highest BCUT2D eigenvalue weighted by molar-refractivity contribution is 9.10. The minimum atomic E-state index is -0.116. The highest BCUT2D eigenvalue weighted by atomic mass is 79.9. The number of likely N-dealkylation sites (N-methyl/N-ethyl adjacent to an activating group) is 1. The third-order valence-corrected chi connectivity index (χ3v) is 4.71. The van der Waals surface area contributed by atoms with E-state index in [1.54, 1.807) is 0 Å². The van der Waals surface area contributed by atoms with Gasteiger partial charge in [-0.25, -0.2) is 0 Å². The summed E-state index contributed by atoms with van der Waals surface area (Å²) in [6.07, 6.45) is 3.35. The molecule has 0 saturated heterocycles. The third kappa shape index (κ3) is 6.80. The zero-order valence-corrected chi connectivity index (χ0v) is 14.2. The zero-order chi connectivity index (χ0) is 14.1. The summed E-state index contributed by atoms with van der Waals surface area (Å²) in [6, 6.07) is 8.42. The Balaban J connectivity index is 2.20. The Bertz CT molecular complexity index is 375. The second kappa shape index (κ2) is 9.01. The molecule has 2 nitrogen and oxygen atoms in total. The van der Waals surface area contributed by atoms with E-state index < -0.39 is 0 Å². The molecule has 1 aromatic rings. The zero-order valence-electron chi connectivity index (χ0n) is 11.8. The van der Waals surface area contributed by atoms with Crippen LogP contribution >= 0.6 is 27.7 Å². The maximum Gasteiger partial charge on any atom is 0.0610 e. The Hall–Kier alpha value is -0.0300. The van der Waals surface area contributed by atoms with Gasteiger partial charge in [-0.3, -0.25) is 0 Å². The second-order valence-corrected chi connectivity index (χ2v) is 7.10. The quantitative estimate of drug-likeness (QED) is 0.522. The number of aliphatic hydroxyl groups excluding tert-OH is 1. The van der Waals surface area contributed by atoms with E-state index in [0.717, 1.165) is 29.6 Å². The van der Waals surface area contributed by atoms with E-state index >= 15 is 0 Å². The van der Waals surface area contributed by atoms with E-state index in [2.05, 4.69) is 53.3 Å². The minimum absolute atomic E-state index is 0.116. The molecular weight excluding hydrogens is 322 g/mol. The molecule has 2 N–H and O–H groups in total. The summed E-state index contributed by atoms with van der Waals surface area (Å²) in [5.74, 6) is 1.13. The molecule has 0 spiro atoms. The van der Waals surface area contributed by atoms with Gasteiger partial charge in [-0.15, -0.1) is 11.8 Å². The fourth-order valence-corrected chi connectivity index (χ4v) is 3.53. The molecule has 1 rings (SSSR count). The molecule has 0 aliphatic carbocycles. The number of nitrogens with one attached hydrogen (secondary N) is 1. The predicted octanol–water partition coefficient (Wildman–Crippen LogP) is 4.07. The van der Waals surface area contributed by atoms with Gasteiger partial charge in [-0.1, -0.05) is 35.3 Å². The van der Waals surface area contributed by atoms with Crippen molar-refractivity contribution in [3.05, 3.63) is 28.7 Å². The van der Waals surface area contributed by atoms with Crippen LogP contribution < -0.4 is 5.32 Å². The monoisotopic (exact) mass is 345 g/mol. The van der Waals surface area contributed by atoms with Crippen LogP contribution in [0.1, 0.15) is 33.1 Å². The molecule has 0 bridgehead atoms. The smallest absolute Gasteiger partial charge is 0.0610 e. The van der Waals surface area contributed by atoms with E-state index in [9.17, 15) is 5.11 Å². The summed E-state index contributed by atoms with van der Waals surface area (Å²) in [7, 11) is 0. The van der Waals surface area contributed by atoms with Crippen molar-refractivity contribution in [3.63, 3.8) is 0 Å². The molecule has 0 amide bonds. The van der Waals surface area contributed by atoms with Crippen molar-refractivity contribution in [2.75, 3.05) is 18.9 Å². The molecule has 0 aromatic heterocycles. The summed E-state index contributed by atoms with van der Waals surface area (Å²) in [5.41, 5.74) is -0.116. The van der Waals surface area contributed by atoms with Gasteiger partial charge in [0.15, 0.2) is 0 Å². The number of thioether (sulfide) groups is 1. The largest absolute Gasteiger partial charge is 0.394 e. The molecular formula is C15H24BrNOS. The average molecular weight is 346 g/mol. The number of hydrogen-bond donors (Lipinski definition) is 2. The van der Waals surface area contributed by atoms with Crippen LogP contribution in [0.15, 0.2) is 33.6 Å². The van der Waals surface area contributed by atoms with Crippen LogP contribution in [0.2, 0.25) is 0 Å². The van der Waals surface area contributed by atoms with Crippen molar-refractivity contribution in [2.45, 2.75) is 43.5 Å². The molecule has 19 heavy (non-hydrogen) atoms. The molecule has 0 saturated carbocycles. The Morgan fingerprint density at radius 3 is 2.79 bits per heavy atom. The van der Waals surface area contributed by atoms with Crippen molar-refractivity contribution >= 4 is 27.7 Å². The second-order valence-electron chi connectivity index (χ2n) is 5.01. The molecule has 4 heteroatoms. The minimum Gasteiger partial charge on any atom is -0.394 e. The fourth-order valence-electron chi connectivity index (χ4n) is 2.01. The maximum absolute atomic E-state index is 9.41. The first-order chi connectivity index (χ1) is 9.09. The number of halogens is 1. The van der Waals surface area contributed by atoms with Crippen LogP contribution in [0.4, 0.5) is 0 Å². The van der Waals surface area contributed by atoms with Crippen LogP contribution in [-0.2, 0) is 0 Å². The number of rotatable bonds is 9. The van der Waals surface area contributed by atoms with Gasteiger partial charge in [0.1, 0.15) is 0 Å². The molecule has 1 atom stereocenters.